The van der Waals surface area contributed by atoms with Crippen LogP contribution in [0.25, 0.3) is 0 Å². The Balaban J connectivity index is 2.05. The predicted octanol–water partition coefficient (Wildman–Crippen LogP) is 3.98. The van der Waals surface area contributed by atoms with Crippen LogP contribution in [0, 0.1) is 0 Å². The molecule has 21 heavy (non-hydrogen) atoms. The fourth-order valence-corrected chi connectivity index (χ4v) is 2.62. The topological polar surface area (TPSA) is 52.6 Å². The molecule has 0 amide bonds. The van der Waals surface area contributed by atoms with Crippen molar-refractivity contribution in [2.45, 2.75) is 24.7 Å². The SMILES string of the molecule is CCCCOS(=O)(=O)c1ccc(Oc2ccccc2)cc1. The van der Waals surface area contributed by atoms with Gasteiger partial charge in [0.1, 0.15) is 11.5 Å². The Labute approximate surface area is 125 Å². The van der Waals surface area contributed by atoms with E-state index in [2.05, 4.69) is 0 Å². The minimum Gasteiger partial charge on any atom is -0.457 e. The summed E-state index contributed by atoms with van der Waals surface area (Å²) < 4.78 is 34.4. The second-order valence-electron chi connectivity index (χ2n) is 4.52. The van der Waals surface area contributed by atoms with Gasteiger partial charge in [0.15, 0.2) is 0 Å². The highest BCUT2D eigenvalue weighted by Gasteiger charge is 2.14. The highest BCUT2D eigenvalue weighted by molar-refractivity contribution is 7.86. The van der Waals surface area contributed by atoms with E-state index in [0.717, 1.165) is 6.42 Å². The van der Waals surface area contributed by atoms with Crippen LogP contribution in [0.4, 0.5) is 0 Å². The van der Waals surface area contributed by atoms with Crippen LogP contribution in [0.1, 0.15) is 19.8 Å². The maximum atomic E-state index is 11.9. The van der Waals surface area contributed by atoms with E-state index in [1.807, 2.05) is 37.3 Å². The first kappa shape index (κ1) is 15.5. The van der Waals surface area contributed by atoms with Gasteiger partial charge in [0, 0.05) is 0 Å². The Morgan fingerprint density at radius 1 is 0.905 bits per heavy atom. The quantitative estimate of drug-likeness (QED) is 0.573. The molecule has 0 heterocycles. The van der Waals surface area contributed by atoms with Crippen molar-refractivity contribution >= 4 is 10.1 Å². The summed E-state index contributed by atoms with van der Waals surface area (Å²) in [5, 5.41) is 0. The van der Waals surface area contributed by atoms with Crippen molar-refractivity contribution in [1.29, 1.82) is 0 Å². The second kappa shape index (κ2) is 7.24. The first-order chi connectivity index (χ1) is 10.1. The van der Waals surface area contributed by atoms with E-state index >= 15 is 0 Å². The van der Waals surface area contributed by atoms with Crippen molar-refractivity contribution in [2.75, 3.05) is 6.61 Å². The number of hydrogen-bond acceptors (Lipinski definition) is 4. The van der Waals surface area contributed by atoms with E-state index < -0.39 is 10.1 Å². The summed E-state index contributed by atoms with van der Waals surface area (Å²) in [7, 11) is -3.68. The highest BCUT2D eigenvalue weighted by atomic mass is 32.2. The Hall–Kier alpha value is -1.85. The smallest absolute Gasteiger partial charge is 0.296 e. The molecule has 0 bridgehead atoms. The summed E-state index contributed by atoms with van der Waals surface area (Å²) in [6.07, 6.45) is 1.60. The largest absolute Gasteiger partial charge is 0.457 e. The molecule has 2 rings (SSSR count). The number of hydrogen-bond donors (Lipinski definition) is 0. The molecule has 0 aromatic heterocycles. The van der Waals surface area contributed by atoms with Crippen molar-refractivity contribution in [2.24, 2.45) is 0 Å². The van der Waals surface area contributed by atoms with E-state index in [1.165, 1.54) is 12.1 Å². The van der Waals surface area contributed by atoms with Gasteiger partial charge in [0.25, 0.3) is 10.1 Å². The molecular weight excluding hydrogens is 288 g/mol. The van der Waals surface area contributed by atoms with Gasteiger partial charge in [-0.2, -0.15) is 8.42 Å². The van der Waals surface area contributed by atoms with Gasteiger partial charge < -0.3 is 4.74 Å². The summed E-state index contributed by atoms with van der Waals surface area (Å²) >= 11 is 0. The summed E-state index contributed by atoms with van der Waals surface area (Å²) in [6.45, 7) is 2.19. The van der Waals surface area contributed by atoms with Gasteiger partial charge in [-0.05, 0) is 42.8 Å². The Kier molecular flexibility index (Phi) is 5.36. The van der Waals surface area contributed by atoms with Crippen molar-refractivity contribution in [3.05, 3.63) is 54.6 Å². The maximum Gasteiger partial charge on any atom is 0.296 e. The highest BCUT2D eigenvalue weighted by Crippen LogP contribution is 2.23. The van der Waals surface area contributed by atoms with Gasteiger partial charge >= 0.3 is 0 Å². The molecular formula is C16H18O4S. The van der Waals surface area contributed by atoms with E-state index in [1.54, 1.807) is 12.1 Å². The van der Waals surface area contributed by atoms with E-state index in [4.69, 9.17) is 8.92 Å². The standard InChI is InChI=1S/C16H18O4S/c1-2-3-13-19-21(17,18)16-11-9-15(10-12-16)20-14-7-5-4-6-8-14/h4-12H,2-3,13H2,1H3. The summed E-state index contributed by atoms with van der Waals surface area (Å²) in [6, 6.07) is 15.5. The lowest BCUT2D eigenvalue weighted by molar-refractivity contribution is 0.311. The van der Waals surface area contributed by atoms with Crippen LogP contribution in [0.3, 0.4) is 0 Å². The van der Waals surface area contributed by atoms with Gasteiger partial charge in [-0.25, -0.2) is 0 Å². The Morgan fingerprint density at radius 3 is 2.14 bits per heavy atom. The minimum atomic E-state index is -3.68. The van der Waals surface area contributed by atoms with Crippen LogP contribution in [-0.4, -0.2) is 15.0 Å². The third kappa shape index (κ3) is 4.58. The lowest BCUT2D eigenvalue weighted by atomic mass is 10.3. The van der Waals surface area contributed by atoms with Crippen molar-refractivity contribution < 1.29 is 17.3 Å². The van der Waals surface area contributed by atoms with Crippen LogP contribution in [-0.2, 0) is 14.3 Å². The van der Waals surface area contributed by atoms with Crippen LogP contribution in [0.15, 0.2) is 59.5 Å². The van der Waals surface area contributed by atoms with Gasteiger partial charge in [0.2, 0.25) is 0 Å². The fourth-order valence-electron chi connectivity index (χ4n) is 1.68. The zero-order valence-corrected chi connectivity index (χ0v) is 12.7. The zero-order chi connectivity index (χ0) is 15.1. The number of benzene rings is 2. The van der Waals surface area contributed by atoms with Crippen molar-refractivity contribution in [3.63, 3.8) is 0 Å². The summed E-state index contributed by atoms with van der Waals surface area (Å²) in [5.74, 6) is 1.28. The number of ether oxygens (including phenoxy) is 1. The molecule has 0 aliphatic rings. The molecule has 112 valence electrons. The first-order valence-electron chi connectivity index (χ1n) is 6.84. The monoisotopic (exact) mass is 306 g/mol. The maximum absolute atomic E-state index is 11.9. The molecule has 0 N–H and O–H groups in total. The summed E-state index contributed by atoms with van der Waals surface area (Å²) in [5.41, 5.74) is 0. The number of unbranched alkanes of at least 4 members (excludes halogenated alkanes) is 1. The van der Waals surface area contributed by atoms with Gasteiger partial charge in [-0.15, -0.1) is 0 Å². The lowest BCUT2D eigenvalue weighted by Gasteiger charge is -2.07. The van der Waals surface area contributed by atoms with E-state index in [0.29, 0.717) is 17.9 Å². The van der Waals surface area contributed by atoms with Crippen LogP contribution in [0.5, 0.6) is 11.5 Å². The average Bonchev–Trinajstić information content (AvgIpc) is 2.49. The van der Waals surface area contributed by atoms with Gasteiger partial charge in [0.05, 0.1) is 11.5 Å². The van der Waals surface area contributed by atoms with Crippen molar-refractivity contribution in [1.82, 2.24) is 0 Å². The molecule has 0 spiro atoms. The van der Waals surface area contributed by atoms with Crippen LogP contribution in [0.2, 0.25) is 0 Å². The first-order valence-corrected chi connectivity index (χ1v) is 8.25. The normalized spacial score (nSPS) is 11.3. The zero-order valence-electron chi connectivity index (χ0n) is 11.9. The lowest BCUT2D eigenvalue weighted by Crippen LogP contribution is -2.07. The molecule has 0 unspecified atom stereocenters. The third-order valence-corrected chi connectivity index (χ3v) is 4.15. The Morgan fingerprint density at radius 2 is 1.52 bits per heavy atom. The molecule has 5 heteroatoms. The molecule has 0 aliphatic carbocycles. The fraction of sp³-hybridized carbons (Fsp3) is 0.250. The molecule has 0 radical (unpaired) electrons. The molecule has 2 aromatic carbocycles. The minimum absolute atomic E-state index is 0.138. The molecule has 0 aliphatic heterocycles. The van der Waals surface area contributed by atoms with Crippen molar-refractivity contribution in [3.8, 4) is 11.5 Å². The molecule has 2 aromatic rings. The van der Waals surface area contributed by atoms with Gasteiger partial charge in [-0.1, -0.05) is 31.5 Å². The second-order valence-corrected chi connectivity index (χ2v) is 6.13. The summed E-state index contributed by atoms with van der Waals surface area (Å²) in [4.78, 5) is 0.138. The Bertz CT molecular complexity index is 648. The molecule has 0 saturated carbocycles. The third-order valence-electron chi connectivity index (χ3n) is 2.83. The molecule has 4 nitrogen and oxygen atoms in total. The number of para-hydroxylation sites is 1. The molecule has 0 saturated heterocycles. The average molecular weight is 306 g/mol. The molecule has 0 atom stereocenters. The number of rotatable bonds is 7. The van der Waals surface area contributed by atoms with E-state index in [9.17, 15) is 8.42 Å². The predicted molar refractivity (Wildman–Crippen MR) is 81.0 cm³/mol. The van der Waals surface area contributed by atoms with Crippen LogP contribution < -0.4 is 4.74 Å². The molecule has 0 fully saturated rings. The van der Waals surface area contributed by atoms with Crippen LogP contribution >= 0.6 is 0 Å². The van der Waals surface area contributed by atoms with Gasteiger partial charge in [-0.3, -0.25) is 4.18 Å². The van der Waals surface area contributed by atoms with E-state index in [-0.39, 0.29) is 11.5 Å².